The largest absolute Gasteiger partial charge is 0.247 e. The van der Waals surface area contributed by atoms with Crippen molar-refractivity contribution in [1.29, 1.82) is 0 Å². The molecule has 1 unspecified atom stereocenters. The van der Waals surface area contributed by atoms with E-state index in [-0.39, 0.29) is 0 Å². The topological polar surface area (TPSA) is 85.9 Å². The normalized spacial score (nSPS) is 12.7. The molecule has 0 radical (unpaired) electrons. The summed E-state index contributed by atoms with van der Waals surface area (Å²) in [7, 11) is -1.43. The molecule has 0 N–H and O–H groups in total. The van der Waals surface area contributed by atoms with Gasteiger partial charge in [-0.2, -0.15) is 0 Å². The Bertz CT molecular complexity index is 682. The number of fused-ring (bicyclic) bond motifs is 1. The molecule has 1 atom stereocenters. The van der Waals surface area contributed by atoms with Crippen LogP contribution in [0.2, 0.25) is 0 Å². The van der Waals surface area contributed by atoms with Gasteiger partial charge in [0.15, 0.2) is 10.7 Å². The monoisotopic (exact) mass is 246 g/mol. The average Bonchev–Trinajstić information content (AvgIpc) is 2.86. The van der Waals surface area contributed by atoms with Gasteiger partial charge < -0.3 is 0 Å². The lowest BCUT2D eigenvalue weighted by atomic mass is 10.5. The summed E-state index contributed by atoms with van der Waals surface area (Å²) < 4.78 is 13.3. The molecule has 17 heavy (non-hydrogen) atoms. The molecule has 0 aliphatic rings. The Morgan fingerprint density at radius 2 is 2.06 bits per heavy atom. The molecular formula is C9H6N6OS. The molecule has 3 aromatic heterocycles. The van der Waals surface area contributed by atoms with Crippen molar-refractivity contribution in [2.24, 2.45) is 0 Å². The van der Waals surface area contributed by atoms with E-state index in [9.17, 15) is 4.21 Å². The number of hydrogen-bond donors (Lipinski definition) is 0. The summed E-state index contributed by atoms with van der Waals surface area (Å²) in [6, 6.07) is 8.50. The lowest BCUT2D eigenvalue weighted by Crippen LogP contribution is -2.03. The van der Waals surface area contributed by atoms with Gasteiger partial charge in [-0.25, -0.2) is 9.19 Å². The van der Waals surface area contributed by atoms with Gasteiger partial charge in [0.25, 0.3) is 0 Å². The highest BCUT2D eigenvalue weighted by Gasteiger charge is 2.11. The second-order valence-electron chi connectivity index (χ2n) is 3.13. The van der Waals surface area contributed by atoms with Gasteiger partial charge in [-0.3, -0.25) is 0 Å². The first-order chi connectivity index (χ1) is 8.34. The van der Waals surface area contributed by atoms with Crippen LogP contribution in [0.1, 0.15) is 0 Å². The first-order valence-corrected chi connectivity index (χ1v) is 5.88. The van der Waals surface area contributed by atoms with Crippen molar-refractivity contribution in [3.05, 3.63) is 36.5 Å². The quantitative estimate of drug-likeness (QED) is 0.636. The SMILES string of the molecule is O=S(c1ccccn1)c1ccc2nnnn2n1. The molecule has 3 heterocycles. The van der Waals surface area contributed by atoms with Crippen molar-refractivity contribution < 1.29 is 4.21 Å². The van der Waals surface area contributed by atoms with E-state index in [2.05, 4.69) is 25.6 Å². The van der Waals surface area contributed by atoms with Crippen molar-refractivity contribution in [2.75, 3.05) is 0 Å². The van der Waals surface area contributed by atoms with Gasteiger partial charge in [0.1, 0.15) is 15.8 Å². The zero-order valence-corrected chi connectivity index (χ0v) is 9.28. The number of tetrazole rings is 1. The molecule has 0 amide bonds. The number of aromatic nitrogens is 6. The Kier molecular flexibility index (Phi) is 2.33. The minimum absolute atomic E-state index is 0.364. The molecule has 0 bridgehead atoms. The summed E-state index contributed by atoms with van der Waals surface area (Å²) in [4.78, 5) is 4.02. The Hall–Kier alpha value is -2.22. The molecule has 3 aromatic rings. The van der Waals surface area contributed by atoms with Gasteiger partial charge in [0.05, 0.1) is 0 Å². The van der Waals surface area contributed by atoms with Crippen LogP contribution in [0.25, 0.3) is 5.65 Å². The molecule has 7 nitrogen and oxygen atoms in total. The summed E-state index contributed by atoms with van der Waals surface area (Å²) >= 11 is 0. The highest BCUT2D eigenvalue weighted by atomic mass is 32.2. The molecule has 84 valence electrons. The minimum atomic E-state index is -1.43. The average molecular weight is 246 g/mol. The van der Waals surface area contributed by atoms with Crippen LogP contribution in [0.5, 0.6) is 0 Å². The van der Waals surface area contributed by atoms with Crippen molar-refractivity contribution >= 4 is 16.4 Å². The molecular weight excluding hydrogens is 240 g/mol. The Labute approximate surface area is 98.0 Å². The van der Waals surface area contributed by atoms with Crippen LogP contribution in [0.4, 0.5) is 0 Å². The van der Waals surface area contributed by atoms with Crippen LogP contribution < -0.4 is 0 Å². The van der Waals surface area contributed by atoms with E-state index in [0.29, 0.717) is 15.7 Å². The van der Waals surface area contributed by atoms with Crippen LogP contribution in [-0.4, -0.2) is 34.4 Å². The number of rotatable bonds is 2. The first kappa shape index (κ1) is 9.97. The van der Waals surface area contributed by atoms with E-state index in [4.69, 9.17) is 0 Å². The van der Waals surface area contributed by atoms with E-state index in [1.165, 1.54) is 4.63 Å². The maximum atomic E-state index is 12.1. The zero-order valence-electron chi connectivity index (χ0n) is 8.46. The summed E-state index contributed by atoms with van der Waals surface area (Å²) in [6.45, 7) is 0. The Morgan fingerprint density at radius 3 is 2.88 bits per heavy atom. The van der Waals surface area contributed by atoms with E-state index in [1.54, 1.807) is 36.5 Å². The summed E-state index contributed by atoms with van der Waals surface area (Å²) in [6.07, 6.45) is 1.59. The Balaban J connectivity index is 2.06. The summed E-state index contributed by atoms with van der Waals surface area (Å²) in [5.41, 5.74) is 0.506. The van der Waals surface area contributed by atoms with Crippen LogP contribution in [0.15, 0.2) is 46.6 Å². The third-order valence-corrected chi connectivity index (χ3v) is 3.28. The van der Waals surface area contributed by atoms with Gasteiger partial charge in [0, 0.05) is 6.20 Å². The van der Waals surface area contributed by atoms with Crippen molar-refractivity contribution in [3.8, 4) is 0 Å². The van der Waals surface area contributed by atoms with Gasteiger partial charge in [-0.15, -0.1) is 14.8 Å². The molecule has 0 saturated heterocycles. The van der Waals surface area contributed by atoms with Crippen molar-refractivity contribution in [1.82, 2.24) is 30.2 Å². The third kappa shape index (κ3) is 1.78. The molecule has 8 heteroatoms. The van der Waals surface area contributed by atoms with E-state index < -0.39 is 10.8 Å². The predicted molar refractivity (Wildman–Crippen MR) is 57.5 cm³/mol. The highest BCUT2D eigenvalue weighted by molar-refractivity contribution is 7.84. The zero-order chi connectivity index (χ0) is 11.7. The Morgan fingerprint density at radius 1 is 1.12 bits per heavy atom. The van der Waals surface area contributed by atoms with Crippen LogP contribution >= 0.6 is 0 Å². The number of hydrogen-bond acceptors (Lipinski definition) is 6. The number of pyridine rings is 1. The van der Waals surface area contributed by atoms with Gasteiger partial charge in [0.2, 0.25) is 0 Å². The van der Waals surface area contributed by atoms with Crippen LogP contribution in [-0.2, 0) is 10.8 Å². The van der Waals surface area contributed by atoms with Crippen LogP contribution in [0, 0.1) is 0 Å². The standard InChI is InChI=1S/C9H6N6OS/c16-17(8-3-1-2-6-10-8)9-5-4-7-11-13-14-15(7)12-9/h1-6H. The molecule has 3 rings (SSSR count). The van der Waals surface area contributed by atoms with E-state index in [1.807, 2.05) is 0 Å². The maximum absolute atomic E-state index is 12.1. The third-order valence-electron chi connectivity index (χ3n) is 2.06. The van der Waals surface area contributed by atoms with Gasteiger partial charge >= 0.3 is 0 Å². The second kappa shape index (κ2) is 3.98. The molecule has 0 fully saturated rings. The molecule has 0 aromatic carbocycles. The van der Waals surface area contributed by atoms with E-state index in [0.717, 1.165) is 0 Å². The van der Waals surface area contributed by atoms with Crippen molar-refractivity contribution in [2.45, 2.75) is 10.1 Å². The van der Waals surface area contributed by atoms with Crippen molar-refractivity contribution in [3.63, 3.8) is 0 Å². The fraction of sp³-hybridized carbons (Fsp3) is 0. The molecule has 0 spiro atoms. The number of nitrogens with zero attached hydrogens (tertiary/aromatic N) is 6. The smallest absolute Gasteiger partial charge is 0.200 e. The summed E-state index contributed by atoms with van der Waals surface area (Å²) in [5, 5.41) is 15.7. The minimum Gasteiger partial charge on any atom is -0.247 e. The molecule has 0 aliphatic heterocycles. The fourth-order valence-corrected chi connectivity index (χ4v) is 2.21. The van der Waals surface area contributed by atoms with Gasteiger partial charge in [-0.1, -0.05) is 6.07 Å². The highest BCUT2D eigenvalue weighted by Crippen LogP contribution is 2.11. The predicted octanol–water partition coefficient (Wildman–Crippen LogP) is 0.0810. The lowest BCUT2D eigenvalue weighted by Gasteiger charge is -1.99. The fourth-order valence-electron chi connectivity index (χ4n) is 1.30. The molecule has 0 saturated carbocycles. The maximum Gasteiger partial charge on any atom is 0.200 e. The second-order valence-corrected chi connectivity index (χ2v) is 4.51. The lowest BCUT2D eigenvalue weighted by molar-refractivity contribution is 0.660. The molecule has 0 aliphatic carbocycles. The van der Waals surface area contributed by atoms with Crippen LogP contribution in [0.3, 0.4) is 0 Å². The summed E-state index contributed by atoms with van der Waals surface area (Å²) in [5.74, 6) is 0. The first-order valence-electron chi connectivity index (χ1n) is 4.73. The van der Waals surface area contributed by atoms with Gasteiger partial charge in [-0.05, 0) is 34.7 Å². The van der Waals surface area contributed by atoms with E-state index >= 15 is 0 Å².